The highest BCUT2D eigenvalue weighted by atomic mass is 16.1. The number of hydrogen-bond acceptors (Lipinski definition) is 3. The van der Waals surface area contributed by atoms with E-state index in [1.165, 1.54) is 0 Å². The fraction of sp³-hybridized carbons (Fsp3) is 0.429. The summed E-state index contributed by atoms with van der Waals surface area (Å²) in [7, 11) is 2.12. The molecule has 0 aliphatic carbocycles. The Kier molecular flexibility index (Phi) is 2.88. The van der Waals surface area contributed by atoms with Crippen molar-refractivity contribution in [2.75, 3.05) is 20.1 Å². The second kappa shape index (κ2) is 4.53. The summed E-state index contributed by atoms with van der Waals surface area (Å²) in [6, 6.07) is 7.70. The van der Waals surface area contributed by atoms with Crippen LogP contribution in [0, 0.1) is 0 Å². The van der Waals surface area contributed by atoms with Crippen LogP contribution in [0.5, 0.6) is 0 Å². The minimum absolute atomic E-state index is 0.0248. The highest BCUT2D eigenvalue weighted by Crippen LogP contribution is 2.24. The Balaban J connectivity index is 2.01. The predicted molar refractivity (Wildman–Crippen MR) is 71.8 cm³/mol. The minimum Gasteiger partial charge on any atom is -0.319 e. The van der Waals surface area contributed by atoms with Crippen LogP contribution < -0.4 is 5.56 Å². The van der Waals surface area contributed by atoms with E-state index in [0.717, 1.165) is 37.0 Å². The van der Waals surface area contributed by atoms with E-state index in [-0.39, 0.29) is 5.56 Å². The molecule has 0 saturated carbocycles. The van der Waals surface area contributed by atoms with E-state index in [1.807, 2.05) is 24.3 Å². The van der Waals surface area contributed by atoms with Crippen LogP contribution >= 0.6 is 0 Å². The Morgan fingerprint density at radius 3 is 2.78 bits per heavy atom. The molecule has 4 nitrogen and oxygen atoms in total. The third-order valence-corrected chi connectivity index (χ3v) is 3.73. The highest BCUT2D eigenvalue weighted by molar-refractivity contribution is 5.73. The van der Waals surface area contributed by atoms with Gasteiger partial charge in [0.15, 0.2) is 0 Å². The van der Waals surface area contributed by atoms with Crippen LogP contribution in [0.15, 0.2) is 29.1 Å². The van der Waals surface area contributed by atoms with E-state index in [2.05, 4.69) is 21.9 Å². The van der Waals surface area contributed by atoms with Crippen LogP contribution in [0.25, 0.3) is 11.0 Å². The summed E-state index contributed by atoms with van der Waals surface area (Å²) in [5.74, 6) is 0.301. The van der Waals surface area contributed by atoms with Gasteiger partial charge in [0.05, 0.1) is 11.0 Å². The van der Waals surface area contributed by atoms with E-state index in [1.54, 1.807) is 0 Å². The van der Waals surface area contributed by atoms with Gasteiger partial charge in [-0.3, -0.25) is 4.79 Å². The number of aromatic nitrogens is 2. The summed E-state index contributed by atoms with van der Waals surface area (Å²) < 4.78 is 0. The lowest BCUT2D eigenvalue weighted by Crippen LogP contribution is -2.32. The van der Waals surface area contributed by atoms with E-state index in [0.29, 0.717) is 11.6 Å². The van der Waals surface area contributed by atoms with Gasteiger partial charge < -0.3 is 9.88 Å². The predicted octanol–water partition coefficient (Wildman–Crippen LogP) is 1.73. The van der Waals surface area contributed by atoms with Crippen LogP contribution in [0.4, 0.5) is 0 Å². The van der Waals surface area contributed by atoms with Crippen molar-refractivity contribution in [1.29, 1.82) is 0 Å². The number of rotatable bonds is 1. The molecule has 18 heavy (non-hydrogen) atoms. The third kappa shape index (κ3) is 2.04. The van der Waals surface area contributed by atoms with Crippen molar-refractivity contribution in [3.05, 3.63) is 40.3 Å². The first-order valence-electron chi connectivity index (χ1n) is 6.41. The zero-order valence-corrected chi connectivity index (χ0v) is 10.5. The Labute approximate surface area is 106 Å². The fourth-order valence-electron chi connectivity index (χ4n) is 2.60. The molecule has 1 N–H and O–H groups in total. The zero-order valence-electron chi connectivity index (χ0n) is 10.5. The van der Waals surface area contributed by atoms with E-state index >= 15 is 0 Å². The van der Waals surface area contributed by atoms with Gasteiger partial charge in [0, 0.05) is 5.92 Å². The van der Waals surface area contributed by atoms with Gasteiger partial charge in [-0.05, 0) is 45.1 Å². The number of nitrogens with one attached hydrogen (secondary N) is 1. The smallest absolute Gasteiger partial charge is 0.270 e. The first-order valence-corrected chi connectivity index (χ1v) is 6.41. The van der Waals surface area contributed by atoms with Gasteiger partial charge in [-0.25, -0.2) is 4.98 Å². The van der Waals surface area contributed by atoms with Crippen molar-refractivity contribution in [2.45, 2.75) is 18.8 Å². The molecule has 1 aromatic heterocycles. The van der Waals surface area contributed by atoms with Crippen molar-refractivity contribution in [1.82, 2.24) is 14.9 Å². The van der Waals surface area contributed by atoms with Crippen molar-refractivity contribution in [2.24, 2.45) is 0 Å². The van der Waals surface area contributed by atoms with Crippen LogP contribution in [-0.4, -0.2) is 35.0 Å². The minimum atomic E-state index is -0.0248. The molecule has 0 radical (unpaired) electrons. The van der Waals surface area contributed by atoms with E-state index in [4.69, 9.17) is 0 Å². The lowest BCUT2D eigenvalue weighted by molar-refractivity contribution is 0.253. The number of H-pyrrole nitrogens is 1. The molecule has 1 fully saturated rings. The number of likely N-dealkylation sites (tertiary alicyclic amines) is 1. The van der Waals surface area contributed by atoms with Gasteiger partial charge >= 0.3 is 0 Å². The average Bonchev–Trinajstić information content (AvgIpc) is 2.39. The van der Waals surface area contributed by atoms with E-state index < -0.39 is 0 Å². The maximum absolute atomic E-state index is 12.1. The average molecular weight is 243 g/mol. The normalized spacial score (nSPS) is 18.3. The second-order valence-electron chi connectivity index (χ2n) is 5.05. The van der Waals surface area contributed by atoms with E-state index in [9.17, 15) is 4.79 Å². The van der Waals surface area contributed by atoms with Crippen LogP contribution in [0.2, 0.25) is 0 Å². The molecule has 1 saturated heterocycles. The van der Waals surface area contributed by atoms with Gasteiger partial charge in [-0.15, -0.1) is 0 Å². The number of nitrogens with zero attached hydrogens (tertiary/aromatic N) is 2. The highest BCUT2D eigenvalue weighted by Gasteiger charge is 2.22. The molecule has 4 heteroatoms. The molecular formula is C14H17N3O. The Morgan fingerprint density at radius 2 is 2.00 bits per heavy atom. The quantitative estimate of drug-likeness (QED) is 0.830. The van der Waals surface area contributed by atoms with Gasteiger partial charge in [-0.2, -0.15) is 0 Å². The second-order valence-corrected chi connectivity index (χ2v) is 5.05. The maximum Gasteiger partial charge on any atom is 0.270 e. The summed E-state index contributed by atoms with van der Waals surface area (Å²) in [6.07, 6.45) is 2.04. The zero-order chi connectivity index (χ0) is 12.5. The van der Waals surface area contributed by atoms with Crippen molar-refractivity contribution in [3.63, 3.8) is 0 Å². The molecule has 0 amide bonds. The summed E-state index contributed by atoms with van der Waals surface area (Å²) >= 11 is 0. The van der Waals surface area contributed by atoms with Crippen LogP contribution in [0.1, 0.15) is 24.5 Å². The molecule has 2 aromatic rings. The molecule has 3 rings (SSSR count). The summed E-state index contributed by atoms with van der Waals surface area (Å²) in [5, 5.41) is 0. The molecule has 0 atom stereocenters. The monoisotopic (exact) mass is 243 g/mol. The largest absolute Gasteiger partial charge is 0.319 e. The molecule has 0 spiro atoms. The number of benzene rings is 1. The lowest BCUT2D eigenvalue weighted by Gasteiger charge is -2.28. The summed E-state index contributed by atoms with van der Waals surface area (Å²) in [5.41, 5.74) is 2.38. The summed E-state index contributed by atoms with van der Waals surface area (Å²) in [6.45, 7) is 2.08. The SMILES string of the molecule is CN1CCC(c2nc3ccccc3[nH]c2=O)CC1. The van der Waals surface area contributed by atoms with Gasteiger partial charge in [0.25, 0.3) is 5.56 Å². The van der Waals surface area contributed by atoms with Crippen molar-refractivity contribution >= 4 is 11.0 Å². The van der Waals surface area contributed by atoms with Gasteiger partial charge in [0.2, 0.25) is 0 Å². The summed E-state index contributed by atoms with van der Waals surface area (Å²) in [4.78, 5) is 21.9. The Morgan fingerprint density at radius 1 is 1.28 bits per heavy atom. The lowest BCUT2D eigenvalue weighted by atomic mass is 9.94. The maximum atomic E-state index is 12.1. The van der Waals surface area contributed by atoms with Crippen LogP contribution in [0.3, 0.4) is 0 Å². The topological polar surface area (TPSA) is 49.0 Å². The van der Waals surface area contributed by atoms with Gasteiger partial charge in [0.1, 0.15) is 5.69 Å². The molecule has 1 aliphatic heterocycles. The first-order chi connectivity index (χ1) is 8.74. The molecule has 1 aliphatic rings. The molecule has 94 valence electrons. The number of aromatic amines is 1. The Hall–Kier alpha value is -1.68. The molecule has 0 unspecified atom stereocenters. The first kappa shape index (κ1) is 11.4. The molecule has 2 heterocycles. The number of piperidine rings is 1. The fourth-order valence-corrected chi connectivity index (χ4v) is 2.60. The number of hydrogen-bond donors (Lipinski definition) is 1. The van der Waals surface area contributed by atoms with Crippen molar-refractivity contribution in [3.8, 4) is 0 Å². The third-order valence-electron chi connectivity index (χ3n) is 3.73. The number of fused-ring (bicyclic) bond motifs is 1. The number of para-hydroxylation sites is 2. The van der Waals surface area contributed by atoms with Gasteiger partial charge in [-0.1, -0.05) is 12.1 Å². The standard InChI is InChI=1S/C14H17N3O/c1-17-8-6-10(7-9-17)13-14(18)16-12-5-3-2-4-11(12)15-13/h2-5,10H,6-9H2,1H3,(H,16,18). The van der Waals surface area contributed by atoms with Crippen LogP contribution in [-0.2, 0) is 0 Å². The molecule has 1 aromatic carbocycles. The molecular weight excluding hydrogens is 226 g/mol. The Bertz CT molecular complexity index is 612. The molecule has 0 bridgehead atoms. The van der Waals surface area contributed by atoms with Crippen molar-refractivity contribution < 1.29 is 0 Å².